The molecule has 2 aromatic carbocycles. The van der Waals surface area contributed by atoms with Crippen LogP contribution in [-0.4, -0.2) is 25.4 Å². The SMILES string of the molecule is Cc1nnc2n(c1=O)-c1ccc([N+](=O)[O-])cc1C(c1ccccc1Cl)=NC2. The number of aliphatic imine (C=N–C) groups is 1. The van der Waals surface area contributed by atoms with Crippen LogP contribution in [0.2, 0.25) is 5.02 Å². The van der Waals surface area contributed by atoms with Crippen LogP contribution in [0.5, 0.6) is 0 Å². The fourth-order valence-electron chi connectivity index (χ4n) is 2.99. The van der Waals surface area contributed by atoms with Crippen molar-refractivity contribution in [2.75, 3.05) is 0 Å². The van der Waals surface area contributed by atoms with E-state index in [1.54, 1.807) is 31.2 Å². The van der Waals surface area contributed by atoms with E-state index < -0.39 is 4.92 Å². The van der Waals surface area contributed by atoms with E-state index in [0.717, 1.165) is 0 Å². The third kappa shape index (κ3) is 2.80. The maximum atomic E-state index is 12.7. The summed E-state index contributed by atoms with van der Waals surface area (Å²) in [6.45, 7) is 1.65. The number of nitro groups is 1. The summed E-state index contributed by atoms with van der Waals surface area (Å²) in [5.74, 6) is 0.350. The van der Waals surface area contributed by atoms with Crippen LogP contribution in [0.3, 0.4) is 0 Å². The summed E-state index contributed by atoms with van der Waals surface area (Å²) >= 11 is 6.34. The Labute approximate surface area is 157 Å². The van der Waals surface area contributed by atoms with Crippen molar-refractivity contribution in [2.24, 2.45) is 4.99 Å². The molecule has 0 bridgehead atoms. The number of fused-ring (bicyclic) bond motifs is 3. The van der Waals surface area contributed by atoms with Gasteiger partial charge in [0.05, 0.1) is 16.3 Å². The number of rotatable bonds is 2. The molecule has 134 valence electrons. The molecule has 1 aromatic heterocycles. The van der Waals surface area contributed by atoms with Gasteiger partial charge in [0.25, 0.3) is 11.2 Å². The third-order valence-corrected chi connectivity index (χ3v) is 4.61. The van der Waals surface area contributed by atoms with E-state index in [2.05, 4.69) is 15.2 Å². The van der Waals surface area contributed by atoms with Gasteiger partial charge in [-0.25, -0.2) is 0 Å². The van der Waals surface area contributed by atoms with Crippen molar-refractivity contribution in [1.82, 2.24) is 14.8 Å². The average molecular weight is 382 g/mol. The number of non-ortho nitro benzene ring substituents is 1. The molecule has 0 fully saturated rings. The molecule has 0 unspecified atom stereocenters. The molecule has 9 heteroatoms. The zero-order valence-corrected chi connectivity index (χ0v) is 14.8. The Hall–Kier alpha value is -3.39. The van der Waals surface area contributed by atoms with Gasteiger partial charge in [-0.2, -0.15) is 0 Å². The van der Waals surface area contributed by atoms with Gasteiger partial charge in [-0.3, -0.25) is 24.5 Å². The lowest BCUT2D eigenvalue weighted by molar-refractivity contribution is -0.384. The summed E-state index contributed by atoms with van der Waals surface area (Å²) in [5.41, 5.74) is 1.74. The summed E-state index contributed by atoms with van der Waals surface area (Å²) in [5, 5.41) is 19.7. The van der Waals surface area contributed by atoms with Crippen LogP contribution in [0.15, 0.2) is 52.3 Å². The largest absolute Gasteiger partial charge is 0.279 e. The first-order valence-corrected chi connectivity index (χ1v) is 8.39. The number of nitrogens with zero attached hydrogens (tertiary/aromatic N) is 5. The van der Waals surface area contributed by atoms with Crippen LogP contribution in [-0.2, 0) is 6.54 Å². The molecular weight excluding hydrogens is 370 g/mol. The first kappa shape index (κ1) is 17.0. The molecule has 0 amide bonds. The minimum atomic E-state index is -0.491. The zero-order chi connectivity index (χ0) is 19.1. The van der Waals surface area contributed by atoms with Crippen LogP contribution < -0.4 is 5.56 Å². The molecule has 8 nitrogen and oxygen atoms in total. The Balaban J connectivity index is 2.08. The quantitative estimate of drug-likeness (QED) is 0.501. The summed E-state index contributed by atoms with van der Waals surface area (Å²) in [6.07, 6.45) is 0. The fourth-order valence-corrected chi connectivity index (χ4v) is 3.22. The maximum absolute atomic E-state index is 12.7. The smallest absolute Gasteiger partial charge is 0.276 e. The highest BCUT2D eigenvalue weighted by molar-refractivity contribution is 6.35. The topological polar surface area (TPSA) is 103 Å². The second kappa shape index (κ2) is 6.40. The molecule has 0 saturated heterocycles. The predicted octanol–water partition coefficient (Wildman–Crippen LogP) is 2.85. The van der Waals surface area contributed by atoms with Crippen molar-refractivity contribution in [3.63, 3.8) is 0 Å². The van der Waals surface area contributed by atoms with Crippen molar-refractivity contribution in [3.8, 4) is 5.69 Å². The molecule has 0 spiro atoms. The molecule has 0 radical (unpaired) electrons. The summed E-state index contributed by atoms with van der Waals surface area (Å²) in [4.78, 5) is 28.1. The number of nitro benzene ring substituents is 1. The van der Waals surface area contributed by atoms with Gasteiger partial charge in [0, 0.05) is 28.3 Å². The molecule has 3 aromatic rings. The number of hydrogen-bond donors (Lipinski definition) is 0. The van der Waals surface area contributed by atoms with E-state index in [4.69, 9.17) is 11.6 Å². The van der Waals surface area contributed by atoms with Gasteiger partial charge in [-0.1, -0.05) is 29.8 Å². The Kier molecular flexibility index (Phi) is 4.04. The Morgan fingerprint density at radius 2 is 1.93 bits per heavy atom. The Bertz CT molecular complexity index is 1190. The van der Waals surface area contributed by atoms with E-state index >= 15 is 0 Å². The first-order valence-electron chi connectivity index (χ1n) is 8.01. The van der Waals surface area contributed by atoms with Gasteiger partial charge in [-0.15, -0.1) is 10.2 Å². The summed E-state index contributed by atoms with van der Waals surface area (Å²) in [6, 6.07) is 11.3. The van der Waals surface area contributed by atoms with Crippen molar-refractivity contribution >= 4 is 23.0 Å². The van der Waals surface area contributed by atoms with Gasteiger partial charge in [0.2, 0.25) is 0 Å². The molecule has 27 heavy (non-hydrogen) atoms. The van der Waals surface area contributed by atoms with Gasteiger partial charge in [-0.05, 0) is 19.1 Å². The monoisotopic (exact) mass is 381 g/mol. The lowest BCUT2D eigenvalue weighted by Crippen LogP contribution is -2.27. The van der Waals surface area contributed by atoms with Crippen molar-refractivity contribution in [1.29, 1.82) is 0 Å². The average Bonchev–Trinajstić information content (AvgIpc) is 2.82. The Morgan fingerprint density at radius 3 is 2.67 bits per heavy atom. The minimum absolute atomic E-state index is 0.0888. The van der Waals surface area contributed by atoms with E-state index in [0.29, 0.717) is 33.4 Å². The van der Waals surface area contributed by atoms with Gasteiger partial charge >= 0.3 is 0 Å². The molecule has 0 saturated carbocycles. The number of aryl methyl sites for hydroxylation is 1. The molecular formula is C18H12ClN5O3. The molecule has 1 aliphatic heterocycles. The van der Waals surface area contributed by atoms with Crippen molar-refractivity contribution in [2.45, 2.75) is 13.5 Å². The van der Waals surface area contributed by atoms with Crippen LogP contribution in [0.1, 0.15) is 22.6 Å². The van der Waals surface area contributed by atoms with Crippen molar-refractivity contribution < 1.29 is 4.92 Å². The van der Waals surface area contributed by atoms with Crippen LogP contribution in [0.4, 0.5) is 5.69 Å². The lowest BCUT2D eigenvalue weighted by Gasteiger charge is -2.13. The highest BCUT2D eigenvalue weighted by atomic mass is 35.5. The number of aromatic nitrogens is 3. The highest BCUT2D eigenvalue weighted by Gasteiger charge is 2.25. The van der Waals surface area contributed by atoms with E-state index in [9.17, 15) is 14.9 Å². The highest BCUT2D eigenvalue weighted by Crippen LogP contribution is 2.29. The normalized spacial score (nSPS) is 12.6. The van der Waals surface area contributed by atoms with E-state index in [1.807, 2.05) is 0 Å². The molecule has 2 heterocycles. The predicted molar refractivity (Wildman–Crippen MR) is 99.8 cm³/mol. The van der Waals surface area contributed by atoms with Crippen molar-refractivity contribution in [3.05, 3.63) is 90.6 Å². The van der Waals surface area contributed by atoms with E-state index in [-0.39, 0.29) is 23.5 Å². The number of hydrogen-bond acceptors (Lipinski definition) is 6. The lowest BCUT2D eigenvalue weighted by atomic mass is 9.99. The molecule has 0 N–H and O–H groups in total. The van der Waals surface area contributed by atoms with Crippen LogP contribution >= 0.6 is 11.6 Å². The second-order valence-electron chi connectivity index (χ2n) is 5.95. The first-order chi connectivity index (χ1) is 13.0. The van der Waals surface area contributed by atoms with Crippen LogP contribution in [0, 0.1) is 17.0 Å². The van der Waals surface area contributed by atoms with Gasteiger partial charge < -0.3 is 0 Å². The second-order valence-corrected chi connectivity index (χ2v) is 6.35. The molecule has 0 atom stereocenters. The number of benzene rings is 2. The zero-order valence-electron chi connectivity index (χ0n) is 14.1. The maximum Gasteiger partial charge on any atom is 0.279 e. The Morgan fingerprint density at radius 1 is 1.15 bits per heavy atom. The molecule has 0 aliphatic carbocycles. The third-order valence-electron chi connectivity index (χ3n) is 4.28. The summed E-state index contributed by atoms with van der Waals surface area (Å²) < 4.78 is 1.40. The molecule has 4 rings (SSSR count). The summed E-state index contributed by atoms with van der Waals surface area (Å²) in [7, 11) is 0. The van der Waals surface area contributed by atoms with E-state index in [1.165, 1.54) is 22.8 Å². The minimum Gasteiger partial charge on any atom is -0.276 e. The van der Waals surface area contributed by atoms with Crippen LogP contribution in [0.25, 0.3) is 5.69 Å². The molecule has 1 aliphatic rings. The standard InChI is InChI=1S/C18H12ClN5O3/c1-10-18(25)23-15-7-6-11(24(26)27)8-13(15)17(20-9-16(23)22-21-10)12-4-2-3-5-14(12)19/h2-8H,9H2,1H3. The van der Waals surface area contributed by atoms with Gasteiger partial charge in [0.15, 0.2) is 5.82 Å². The fraction of sp³-hybridized carbons (Fsp3) is 0.111. The number of halogens is 1. The van der Waals surface area contributed by atoms with Gasteiger partial charge in [0.1, 0.15) is 12.2 Å².